The molecule has 26 heavy (non-hydrogen) atoms. The summed E-state index contributed by atoms with van der Waals surface area (Å²) in [6.07, 6.45) is 4.35. The van der Waals surface area contributed by atoms with E-state index >= 15 is 0 Å². The van der Waals surface area contributed by atoms with Gasteiger partial charge in [0.25, 0.3) is 5.91 Å². The van der Waals surface area contributed by atoms with Gasteiger partial charge in [-0.1, -0.05) is 31.0 Å². The van der Waals surface area contributed by atoms with E-state index in [0.29, 0.717) is 36.8 Å². The highest BCUT2D eigenvalue weighted by Gasteiger charge is 2.33. The average molecular weight is 378 g/mol. The van der Waals surface area contributed by atoms with Gasteiger partial charge in [0.2, 0.25) is 5.91 Å². The van der Waals surface area contributed by atoms with E-state index in [4.69, 9.17) is 11.6 Å². The van der Waals surface area contributed by atoms with Crippen molar-refractivity contribution in [3.8, 4) is 0 Å². The second-order valence-corrected chi connectivity index (χ2v) is 7.61. The summed E-state index contributed by atoms with van der Waals surface area (Å²) >= 11 is 5.99. The molecule has 0 N–H and O–H groups in total. The monoisotopic (exact) mass is 377 g/mol. The molecule has 0 aromatic heterocycles. The Morgan fingerprint density at radius 2 is 1.81 bits per heavy atom. The summed E-state index contributed by atoms with van der Waals surface area (Å²) in [7, 11) is 0. The van der Waals surface area contributed by atoms with Crippen LogP contribution in [0, 0.1) is 0 Å². The molecule has 5 nitrogen and oxygen atoms in total. The van der Waals surface area contributed by atoms with Gasteiger partial charge in [-0.05, 0) is 50.6 Å². The highest BCUT2D eigenvalue weighted by atomic mass is 35.5. The van der Waals surface area contributed by atoms with Crippen LogP contribution in [0.15, 0.2) is 24.3 Å². The zero-order chi connectivity index (χ0) is 18.5. The van der Waals surface area contributed by atoms with Crippen LogP contribution in [0.5, 0.6) is 0 Å². The second-order valence-electron chi connectivity index (χ2n) is 7.18. The first-order chi connectivity index (χ1) is 12.6. The quantitative estimate of drug-likeness (QED) is 0.810. The van der Waals surface area contributed by atoms with Gasteiger partial charge in [0.15, 0.2) is 0 Å². The number of hydrogen-bond acceptors (Lipinski definition) is 3. The van der Waals surface area contributed by atoms with Crippen molar-refractivity contribution in [3.05, 3.63) is 34.9 Å². The molecule has 2 heterocycles. The molecular formula is C20H28ClN3O2. The second kappa shape index (κ2) is 8.87. The lowest BCUT2D eigenvalue weighted by Gasteiger charge is -2.40. The SMILES string of the molecule is CCCN1CCCCC1C(=O)N1CCN(C(=O)c2cccc(Cl)c2)CC1. The normalized spacial score (nSPS) is 21.7. The van der Waals surface area contributed by atoms with Gasteiger partial charge >= 0.3 is 0 Å². The minimum Gasteiger partial charge on any atom is -0.338 e. The van der Waals surface area contributed by atoms with Crippen molar-refractivity contribution in [2.24, 2.45) is 0 Å². The van der Waals surface area contributed by atoms with Gasteiger partial charge in [0.05, 0.1) is 6.04 Å². The number of likely N-dealkylation sites (tertiary alicyclic amines) is 1. The number of piperidine rings is 1. The molecule has 1 atom stereocenters. The summed E-state index contributed by atoms with van der Waals surface area (Å²) in [6.45, 7) is 6.57. The first-order valence-corrected chi connectivity index (χ1v) is 10.1. The Balaban J connectivity index is 1.57. The minimum absolute atomic E-state index is 0.00938. The molecule has 0 bridgehead atoms. The molecular weight excluding hydrogens is 350 g/mol. The third kappa shape index (κ3) is 4.38. The fraction of sp³-hybridized carbons (Fsp3) is 0.600. The predicted molar refractivity (Wildman–Crippen MR) is 103 cm³/mol. The summed E-state index contributed by atoms with van der Waals surface area (Å²) in [5.74, 6) is 0.234. The van der Waals surface area contributed by atoms with Crippen LogP contribution in [0.25, 0.3) is 0 Å². The molecule has 2 aliphatic rings. The van der Waals surface area contributed by atoms with Crippen molar-refractivity contribution in [1.29, 1.82) is 0 Å². The fourth-order valence-electron chi connectivity index (χ4n) is 3.97. The lowest BCUT2D eigenvalue weighted by atomic mass is 10.00. The Hall–Kier alpha value is -1.59. The van der Waals surface area contributed by atoms with E-state index in [1.807, 2.05) is 9.80 Å². The molecule has 1 aromatic carbocycles. The summed E-state index contributed by atoms with van der Waals surface area (Å²) in [5, 5.41) is 0.568. The summed E-state index contributed by atoms with van der Waals surface area (Å²) in [4.78, 5) is 31.7. The molecule has 0 radical (unpaired) electrons. The van der Waals surface area contributed by atoms with Crippen LogP contribution < -0.4 is 0 Å². The number of rotatable bonds is 4. The Morgan fingerprint density at radius 3 is 2.50 bits per heavy atom. The van der Waals surface area contributed by atoms with Crippen molar-refractivity contribution in [3.63, 3.8) is 0 Å². The molecule has 1 unspecified atom stereocenters. The number of benzene rings is 1. The van der Waals surface area contributed by atoms with Gasteiger partial charge in [-0.3, -0.25) is 14.5 Å². The third-order valence-electron chi connectivity index (χ3n) is 5.36. The largest absolute Gasteiger partial charge is 0.338 e. The van der Waals surface area contributed by atoms with E-state index in [0.717, 1.165) is 32.4 Å². The van der Waals surface area contributed by atoms with E-state index in [1.165, 1.54) is 6.42 Å². The smallest absolute Gasteiger partial charge is 0.254 e. The van der Waals surface area contributed by atoms with Crippen LogP contribution in [0.3, 0.4) is 0 Å². The zero-order valence-electron chi connectivity index (χ0n) is 15.5. The van der Waals surface area contributed by atoms with Gasteiger partial charge in [-0.2, -0.15) is 0 Å². The number of carbonyl (C=O) groups is 2. The Labute approximate surface area is 160 Å². The number of halogens is 1. The first kappa shape index (κ1) is 19.2. The maximum atomic E-state index is 13.0. The van der Waals surface area contributed by atoms with Crippen molar-refractivity contribution in [1.82, 2.24) is 14.7 Å². The zero-order valence-corrected chi connectivity index (χ0v) is 16.2. The molecule has 2 aliphatic heterocycles. The molecule has 0 spiro atoms. The molecule has 3 rings (SSSR count). The van der Waals surface area contributed by atoms with Crippen LogP contribution in [0.2, 0.25) is 5.02 Å². The highest BCUT2D eigenvalue weighted by molar-refractivity contribution is 6.30. The van der Waals surface area contributed by atoms with E-state index < -0.39 is 0 Å². The minimum atomic E-state index is -0.00938. The lowest BCUT2D eigenvalue weighted by Crippen LogP contribution is -2.56. The van der Waals surface area contributed by atoms with Crippen LogP contribution in [0.1, 0.15) is 43.0 Å². The Morgan fingerprint density at radius 1 is 1.08 bits per heavy atom. The summed E-state index contributed by atoms with van der Waals surface area (Å²) in [6, 6.07) is 7.07. The van der Waals surface area contributed by atoms with Crippen molar-refractivity contribution in [2.75, 3.05) is 39.3 Å². The molecule has 0 saturated carbocycles. The summed E-state index contributed by atoms with van der Waals surface area (Å²) < 4.78 is 0. The van der Waals surface area contributed by atoms with E-state index in [2.05, 4.69) is 11.8 Å². The molecule has 2 fully saturated rings. The highest BCUT2D eigenvalue weighted by Crippen LogP contribution is 2.21. The maximum Gasteiger partial charge on any atom is 0.254 e. The Kier molecular flexibility index (Phi) is 6.54. The number of amides is 2. The number of hydrogen-bond donors (Lipinski definition) is 0. The van der Waals surface area contributed by atoms with E-state index in [9.17, 15) is 9.59 Å². The molecule has 0 aliphatic carbocycles. The van der Waals surface area contributed by atoms with Crippen molar-refractivity contribution < 1.29 is 9.59 Å². The van der Waals surface area contributed by atoms with Gasteiger partial charge in [-0.15, -0.1) is 0 Å². The van der Waals surface area contributed by atoms with Gasteiger partial charge < -0.3 is 9.80 Å². The molecule has 2 saturated heterocycles. The van der Waals surface area contributed by atoms with Gasteiger partial charge in [-0.25, -0.2) is 0 Å². The van der Waals surface area contributed by atoms with Crippen molar-refractivity contribution in [2.45, 2.75) is 38.6 Å². The van der Waals surface area contributed by atoms with E-state index in [-0.39, 0.29) is 17.9 Å². The summed E-state index contributed by atoms with van der Waals surface area (Å²) in [5.41, 5.74) is 0.610. The third-order valence-corrected chi connectivity index (χ3v) is 5.59. The van der Waals surface area contributed by atoms with Crippen LogP contribution in [-0.4, -0.2) is 71.8 Å². The Bertz CT molecular complexity index is 642. The number of piperazine rings is 1. The van der Waals surface area contributed by atoms with Crippen LogP contribution in [-0.2, 0) is 4.79 Å². The number of carbonyl (C=O) groups excluding carboxylic acids is 2. The fourth-order valence-corrected chi connectivity index (χ4v) is 4.16. The van der Waals surface area contributed by atoms with Gasteiger partial charge in [0, 0.05) is 36.8 Å². The topological polar surface area (TPSA) is 43.9 Å². The molecule has 6 heteroatoms. The first-order valence-electron chi connectivity index (χ1n) is 9.68. The van der Waals surface area contributed by atoms with E-state index in [1.54, 1.807) is 24.3 Å². The standard InChI is InChI=1S/C20H28ClN3O2/c1-2-9-22-10-4-3-8-18(22)20(26)24-13-11-23(12-14-24)19(25)16-6-5-7-17(21)15-16/h5-7,15,18H,2-4,8-14H2,1H3. The molecule has 142 valence electrons. The molecule has 1 aromatic rings. The maximum absolute atomic E-state index is 13.0. The van der Waals surface area contributed by atoms with Gasteiger partial charge in [0.1, 0.15) is 0 Å². The van der Waals surface area contributed by atoms with Crippen LogP contribution >= 0.6 is 11.6 Å². The van der Waals surface area contributed by atoms with Crippen LogP contribution in [0.4, 0.5) is 0 Å². The number of nitrogens with zero attached hydrogens (tertiary/aromatic N) is 3. The molecule has 2 amide bonds. The average Bonchev–Trinajstić information content (AvgIpc) is 2.68. The predicted octanol–water partition coefficient (Wildman–Crippen LogP) is 2.89. The lowest BCUT2D eigenvalue weighted by molar-refractivity contribution is -0.139. The van der Waals surface area contributed by atoms with Crippen molar-refractivity contribution >= 4 is 23.4 Å².